The summed E-state index contributed by atoms with van der Waals surface area (Å²) in [5, 5.41) is 27.4. The maximum Gasteiger partial charge on any atom is 0.338 e. The first kappa shape index (κ1) is 14.0. The van der Waals surface area contributed by atoms with Crippen LogP contribution in [0.3, 0.4) is 0 Å². The van der Waals surface area contributed by atoms with Crippen LogP contribution >= 0.6 is 11.6 Å². The summed E-state index contributed by atoms with van der Waals surface area (Å²) in [5.41, 5.74) is 12.0. The van der Waals surface area contributed by atoms with Crippen LogP contribution in [0.4, 0.5) is 11.4 Å². The number of nitrogens with zero attached hydrogens (tertiary/aromatic N) is 3. The van der Waals surface area contributed by atoms with E-state index < -0.39 is 5.97 Å². The highest BCUT2D eigenvalue weighted by molar-refractivity contribution is 6.38. The number of rotatable bonds is 2. The van der Waals surface area contributed by atoms with E-state index in [1.165, 1.54) is 18.2 Å². The lowest BCUT2D eigenvalue weighted by Gasteiger charge is -2.03. The van der Waals surface area contributed by atoms with Crippen molar-refractivity contribution in [3.05, 3.63) is 34.9 Å². The van der Waals surface area contributed by atoms with Gasteiger partial charge in [0.15, 0.2) is 0 Å². The lowest BCUT2D eigenvalue weighted by atomic mass is 10.1. The van der Waals surface area contributed by atoms with E-state index in [0.29, 0.717) is 5.69 Å². The second kappa shape index (κ2) is 4.78. The topological polar surface area (TPSA) is 140 Å². The minimum Gasteiger partial charge on any atom is -0.506 e. The largest absolute Gasteiger partial charge is 0.506 e. The second-order valence-electron chi connectivity index (χ2n) is 4.57. The maximum atomic E-state index is 11.3. The number of fused-ring (bicyclic) bond motifs is 1. The zero-order valence-corrected chi connectivity index (χ0v) is 11.7. The molecule has 9 heteroatoms. The molecule has 2 aromatic carbocycles. The molecule has 3 rings (SSSR count). The van der Waals surface area contributed by atoms with Crippen LogP contribution in [0.5, 0.6) is 5.75 Å². The highest BCUT2D eigenvalue weighted by Crippen LogP contribution is 2.31. The summed E-state index contributed by atoms with van der Waals surface area (Å²) in [7, 11) is 0. The third-order valence-corrected chi connectivity index (χ3v) is 3.47. The van der Waals surface area contributed by atoms with Gasteiger partial charge in [0.25, 0.3) is 0 Å². The number of carboxylic acids is 1. The first-order valence-electron chi connectivity index (χ1n) is 6.05. The zero-order valence-electron chi connectivity index (χ0n) is 11.0. The quantitative estimate of drug-likeness (QED) is 0.526. The summed E-state index contributed by atoms with van der Waals surface area (Å²) in [4.78, 5) is 12.4. The Morgan fingerprint density at radius 3 is 2.50 bits per heavy atom. The van der Waals surface area contributed by atoms with E-state index in [0.717, 1.165) is 4.80 Å². The molecule has 6 N–H and O–H groups in total. The number of anilines is 2. The van der Waals surface area contributed by atoms with Crippen molar-refractivity contribution >= 4 is 40.0 Å². The van der Waals surface area contributed by atoms with Gasteiger partial charge in [0, 0.05) is 11.8 Å². The fourth-order valence-corrected chi connectivity index (χ4v) is 2.22. The Morgan fingerprint density at radius 2 is 1.86 bits per heavy atom. The first-order valence-corrected chi connectivity index (χ1v) is 6.43. The van der Waals surface area contributed by atoms with Crippen molar-refractivity contribution in [2.24, 2.45) is 0 Å². The molecule has 1 aromatic heterocycles. The molecule has 0 spiro atoms. The number of aromatic nitrogens is 3. The number of hydrogen-bond donors (Lipinski definition) is 4. The number of carbonyl (C=O) groups is 1. The average molecular weight is 320 g/mol. The van der Waals surface area contributed by atoms with Crippen molar-refractivity contribution in [3.8, 4) is 11.4 Å². The van der Waals surface area contributed by atoms with E-state index in [4.69, 9.17) is 23.1 Å². The van der Waals surface area contributed by atoms with Crippen LogP contribution in [0.1, 0.15) is 10.4 Å². The number of benzene rings is 2. The van der Waals surface area contributed by atoms with E-state index >= 15 is 0 Å². The SMILES string of the molecule is Nc1ccc(-n2nc3c(C(=O)O)cc(N)c(Cl)c3n2)c(O)c1. The van der Waals surface area contributed by atoms with Crippen LogP contribution < -0.4 is 11.5 Å². The van der Waals surface area contributed by atoms with Crippen LogP contribution in [0.25, 0.3) is 16.7 Å². The van der Waals surface area contributed by atoms with Crippen LogP contribution in [0, 0.1) is 0 Å². The predicted octanol–water partition coefficient (Wildman–Crippen LogP) is 1.64. The highest BCUT2D eigenvalue weighted by atomic mass is 35.5. The zero-order chi connectivity index (χ0) is 16.0. The molecule has 112 valence electrons. The molecule has 0 fully saturated rings. The van der Waals surface area contributed by atoms with E-state index in [-0.39, 0.29) is 38.7 Å². The highest BCUT2D eigenvalue weighted by Gasteiger charge is 2.20. The van der Waals surface area contributed by atoms with Gasteiger partial charge in [-0.3, -0.25) is 0 Å². The van der Waals surface area contributed by atoms with Crippen molar-refractivity contribution in [2.75, 3.05) is 11.5 Å². The molecule has 3 aromatic rings. The molecule has 0 atom stereocenters. The monoisotopic (exact) mass is 319 g/mol. The molecule has 0 aliphatic rings. The molecule has 0 saturated carbocycles. The number of carboxylic acid groups (broad SMARTS) is 1. The molecular weight excluding hydrogens is 310 g/mol. The van der Waals surface area contributed by atoms with E-state index in [2.05, 4.69) is 10.2 Å². The molecule has 22 heavy (non-hydrogen) atoms. The van der Waals surface area contributed by atoms with E-state index in [9.17, 15) is 15.0 Å². The Balaban J connectivity index is 2.32. The summed E-state index contributed by atoms with van der Waals surface area (Å²) in [6.07, 6.45) is 0. The van der Waals surface area contributed by atoms with Gasteiger partial charge in [-0.25, -0.2) is 4.79 Å². The first-order chi connectivity index (χ1) is 10.4. The van der Waals surface area contributed by atoms with Gasteiger partial charge in [-0.1, -0.05) is 11.6 Å². The van der Waals surface area contributed by atoms with Crippen LogP contribution in [-0.2, 0) is 0 Å². The lowest BCUT2D eigenvalue weighted by molar-refractivity contribution is 0.0699. The summed E-state index contributed by atoms with van der Waals surface area (Å²) in [5.74, 6) is -1.36. The number of phenols is 1. The fourth-order valence-electron chi connectivity index (χ4n) is 2.04. The summed E-state index contributed by atoms with van der Waals surface area (Å²) in [6, 6.07) is 5.60. The van der Waals surface area contributed by atoms with Gasteiger partial charge in [0.1, 0.15) is 22.5 Å². The Morgan fingerprint density at radius 1 is 1.18 bits per heavy atom. The summed E-state index contributed by atoms with van der Waals surface area (Å²) < 4.78 is 0. The number of phenolic OH excluding ortho intramolecular Hbond substituents is 1. The van der Waals surface area contributed by atoms with Crippen LogP contribution in [-0.4, -0.2) is 31.2 Å². The Hall–Kier alpha value is -3.00. The van der Waals surface area contributed by atoms with Gasteiger partial charge < -0.3 is 21.7 Å². The smallest absolute Gasteiger partial charge is 0.338 e. The Labute approximate surface area is 128 Å². The predicted molar refractivity (Wildman–Crippen MR) is 81.3 cm³/mol. The normalized spacial score (nSPS) is 11.0. The molecule has 0 unspecified atom stereocenters. The number of halogens is 1. The molecule has 0 aliphatic carbocycles. The van der Waals surface area contributed by atoms with Crippen molar-refractivity contribution in [2.45, 2.75) is 0 Å². The van der Waals surface area contributed by atoms with Crippen molar-refractivity contribution in [1.29, 1.82) is 0 Å². The van der Waals surface area contributed by atoms with Gasteiger partial charge in [0.05, 0.1) is 16.3 Å². The number of nitrogens with two attached hydrogens (primary N) is 2. The van der Waals surface area contributed by atoms with Crippen LogP contribution in [0.15, 0.2) is 24.3 Å². The van der Waals surface area contributed by atoms with E-state index in [1.807, 2.05) is 0 Å². The number of hydrogen-bond acceptors (Lipinski definition) is 6. The minimum atomic E-state index is -1.21. The third kappa shape index (κ3) is 2.06. The molecular formula is C13H10ClN5O3. The molecule has 0 aliphatic heterocycles. The molecule has 8 nitrogen and oxygen atoms in total. The Kier molecular flexibility index (Phi) is 3.03. The minimum absolute atomic E-state index is 0.0722. The van der Waals surface area contributed by atoms with Gasteiger partial charge in [-0.05, 0) is 18.2 Å². The fraction of sp³-hybridized carbons (Fsp3) is 0. The van der Waals surface area contributed by atoms with Gasteiger partial charge in [-0.15, -0.1) is 15.0 Å². The second-order valence-corrected chi connectivity index (χ2v) is 4.95. The van der Waals surface area contributed by atoms with Crippen molar-refractivity contribution < 1.29 is 15.0 Å². The van der Waals surface area contributed by atoms with Crippen LogP contribution in [0.2, 0.25) is 5.02 Å². The van der Waals surface area contributed by atoms with Gasteiger partial charge >= 0.3 is 5.97 Å². The summed E-state index contributed by atoms with van der Waals surface area (Å²) in [6.45, 7) is 0. The van der Waals surface area contributed by atoms with Crippen molar-refractivity contribution in [1.82, 2.24) is 15.0 Å². The summed E-state index contributed by atoms with van der Waals surface area (Å²) >= 11 is 6.05. The third-order valence-electron chi connectivity index (χ3n) is 3.08. The number of nitrogen functional groups attached to an aromatic ring is 2. The number of aromatic hydroxyl groups is 1. The van der Waals surface area contributed by atoms with Gasteiger partial charge in [0.2, 0.25) is 0 Å². The van der Waals surface area contributed by atoms with Crippen molar-refractivity contribution in [3.63, 3.8) is 0 Å². The molecule has 0 saturated heterocycles. The van der Waals surface area contributed by atoms with E-state index in [1.54, 1.807) is 6.07 Å². The molecule has 0 bridgehead atoms. The lowest BCUT2D eigenvalue weighted by Crippen LogP contribution is -2.01. The molecule has 0 amide bonds. The van der Waals surface area contributed by atoms with Gasteiger partial charge in [-0.2, -0.15) is 0 Å². The average Bonchev–Trinajstić information content (AvgIpc) is 2.87. The standard InChI is InChI=1S/C13H10ClN5O3/c14-10-7(16)4-6(13(21)22)11-12(10)18-19(17-11)8-2-1-5(15)3-9(8)20/h1-4,20H,15-16H2,(H,21,22). The number of aromatic carboxylic acids is 1. The molecule has 0 radical (unpaired) electrons. The maximum absolute atomic E-state index is 11.3. The Bertz CT molecular complexity index is 922. The molecule has 1 heterocycles.